The molecule has 0 radical (unpaired) electrons. The minimum absolute atomic E-state index is 0.251. The summed E-state index contributed by atoms with van der Waals surface area (Å²) in [7, 11) is 0. The Bertz CT molecular complexity index is 204. The van der Waals surface area contributed by atoms with Crippen molar-refractivity contribution in [3.63, 3.8) is 0 Å². The van der Waals surface area contributed by atoms with Crippen molar-refractivity contribution in [2.75, 3.05) is 26.4 Å². The number of hydrogen-bond donors (Lipinski definition) is 5. The van der Waals surface area contributed by atoms with Gasteiger partial charge >= 0.3 is 0 Å². The van der Waals surface area contributed by atoms with Crippen LogP contribution in [0.4, 0.5) is 0 Å². The standard InChI is InChI=1S/C10H20O5/c11-4-8-2-1-3-9(5-12,6-13)10(8,15)7-14/h8,11-15H,1-7H2. The highest BCUT2D eigenvalue weighted by Crippen LogP contribution is 2.46. The minimum atomic E-state index is -1.59. The summed E-state index contributed by atoms with van der Waals surface area (Å²) in [5.74, 6) is -0.490. The van der Waals surface area contributed by atoms with Gasteiger partial charge in [0.25, 0.3) is 0 Å². The quantitative estimate of drug-likeness (QED) is 0.396. The molecule has 0 saturated heterocycles. The average Bonchev–Trinajstić information content (AvgIpc) is 2.29. The fraction of sp³-hybridized carbons (Fsp3) is 1.00. The van der Waals surface area contributed by atoms with Gasteiger partial charge in [0.1, 0.15) is 5.60 Å². The number of rotatable bonds is 4. The van der Waals surface area contributed by atoms with E-state index in [-0.39, 0.29) is 6.61 Å². The van der Waals surface area contributed by atoms with Crippen LogP contribution in [0.1, 0.15) is 19.3 Å². The molecular formula is C10H20O5. The van der Waals surface area contributed by atoms with Crippen LogP contribution in [0.5, 0.6) is 0 Å². The van der Waals surface area contributed by atoms with E-state index < -0.39 is 36.8 Å². The molecule has 1 aliphatic carbocycles. The van der Waals surface area contributed by atoms with Crippen LogP contribution in [0.25, 0.3) is 0 Å². The van der Waals surface area contributed by atoms with E-state index in [1.165, 1.54) is 0 Å². The molecule has 15 heavy (non-hydrogen) atoms. The Balaban J connectivity index is 3.03. The second-order valence-corrected chi connectivity index (χ2v) is 4.45. The van der Waals surface area contributed by atoms with E-state index in [9.17, 15) is 20.4 Å². The molecule has 0 aliphatic heterocycles. The molecule has 0 aromatic carbocycles. The summed E-state index contributed by atoms with van der Waals surface area (Å²) >= 11 is 0. The van der Waals surface area contributed by atoms with E-state index in [4.69, 9.17) is 5.11 Å². The van der Waals surface area contributed by atoms with Gasteiger partial charge in [-0.3, -0.25) is 0 Å². The van der Waals surface area contributed by atoms with Crippen molar-refractivity contribution < 1.29 is 25.5 Å². The van der Waals surface area contributed by atoms with Gasteiger partial charge in [-0.05, 0) is 12.8 Å². The monoisotopic (exact) mass is 220 g/mol. The molecule has 5 nitrogen and oxygen atoms in total. The number of aliphatic hydroxyl groups is 5. The zero-order valence-electron chi connectivity index (χ0n) is 8.76. The van der Waals surface area contributed by atoms with Crippen LogP contribution in [0.3, 0.4) is 0 Å². The molecule has 90 valence electrons. The van der Waals surface area contributed by atoms with Crippen molar-refractivity contribution in [2.24, 2.45) is 11.3 Å². The van der Waals surface area contributed by atoms with Gasteiger partial charge in [-0.25, -0.2) is 0 Å². The van der Waals surface area contributed by atoms with E-state index in [0.29, 0.717) is 19.3 Å². The summed E-state index contributed by atoms with van der Waals surface area (Å²) in [6.07, 6.45) is 1.76. The SMILES string of the molecule is OCC1CCCC(CO)(CO)C1(O)CO. The van der Waals surface area contributed by atoms with E-state index in [0.717, 1.165) is 0 Å². The topological polar surface area (TPSA) is 101 Å². The van der Waals surface area contributed by atoms with Crippen LogP contribution in [0, 0.1) is 11.3 Å². The van der Waals surface area contributed by atoms with Crippen molar-refractivity contribution in [2.45, 2.75) is 24.9 Å². The fourth-order valence-corrected chi connectivity index (χ4v) is 2.60. The van der Waals surface area contributed by atoms with Gasteiger partial charge in [0.05, 0.1) is 19.8 Å². The van der Waals surface area contributed by atoms with Crippen molar-refractivity contribution >= 4 is 0 Å². The normalized spacial score (nSPS) is 35.4. The van der Waals surface area contributed by atoms with Crippen LogP contribution in [0.15, 0.2) is 0 Å². The first-order valence-electron chi connectivity index (χ1n) is 5.26. The second-order valence-electron chi connectivity index (χ2n) is 4.45. The molecule has 5 N–H and O–H groups in total. The second kappa shape index (κ2) is 4.76. The fourth-order valence-electron chi connectivity index (χ4n) is 2.60. The molecule has 0 aromatic rings. The lowest BCUT2D eigenvalue weighted by atomic mass is 9.59. The average molecular weight is 220 g/mol. The smallest absolute Gasteiger partial charge is 0.103 e. The molecule has 0 heterocycles. The summed E-state index contributed by atoms with van der Waals surface area (Å²) in [6.45, 7) is -1.59. The van der Waals surface area contributed by atoms with Crippen molar-refractivity contribution in [1.82, 2.24) is 0 Å². The molecule has 1 saturated carbocycles. The van der Waals surface area contributed by atoms with E-state index in [2.05, 4.69) is 0 Å². The number of hydrogen-bond acceptors (Lipinski definition) is 5. The van der Waals surface area contributed by atoms with E-state index >= 15 is 0 Å². The molecule has 0 amide bonds. The Morgan fingerprint density at radius 2 is 1.60 bits per heavy atom. The third kappa shape index (κ3) is 1.79. The minimum Gasteiger partial charge on any atom is -0.396 e. The lowest BCUT2D eigenvalue weighted by Gasteiger charge is -2.51. The van der Waals surface area contributed by atoms with Gasteiger partial charge in [0.2, 0.25) is 0 Å². The van der Waals surface area contributed by atoms with Crippen molar-refractivity contribution in [1.29, 1.82) is 0 Å². The Morgan fingerprint density at radius 1 is 1.00 bits per heavy atom. The molecule has 2 atom stereocenters. The molecule has 5 heteroatoms. The van der Waals surface area contributed by atoms with Gasteiger partial charge in [-0.15, -0.1) is 0 Å². The first kappa shape index (κ1) is 12.9. The Morgan fingerprint density at radius 3 is 2.00 bits per heavy atom. The first-order valence-corrected chi connectivity index (χ1v) is 5.26. The summed E-state index contributed by atoms with van der Waals surface area (Å²) < 4.78 is 0. The Hall–Kier alpha value is -0.200. The Kier molecular flexibility index (Phi) is 4.08. The largest absolute Gasteiger partial charge is 0.396 e. The zero-order chi connectivity index (χ0) is 11.5. The summed E-state index contributed by atoms with van der Waals surface area (Å²) in [4.78, 5) is 0. The van der Waals surface area contributed by atoms with Crippen LogP contribution >= 0.6 is 0 Å². The highest BCUT2D eigenvalue weighted by Gasteiger charge is 2.55. The molecule has 2 unspecified atom stereocenters. The third-order valence-electron chi connectivity index (χ3n) is 3.87. The van der Waals surface area contributed by atoms with Crippen LogP contribution in [-0.2, 0) is 0 Å². The first-order chi connectivity index (χ1) is 7.10. The summed E-state index contributed by atoms with van der Waals surface area (Å²) in [5.41, 5.74) is -2.70. The van der Waals surface area contributed by atoms with Gasteiger partial charge < -0.3 is 25.5 Å². The van der Waals surface area contributed by atoms with Crippen LogP contribution in [-0.4, -0.2) is 57.6 Å². The third-order valence-corrected chi connectivity index (χ3v) is 3.87. The lowest BCUT2D eigenvalue weighted by Crippen LogP contribution is -2.62. The molecule has 0 spiro atoms. The predicted molar refractivity (Wildman–Crippen MR) is 53.1 cm³/mol. The van der Waals surface area contributed by atoms with Gasteiger partial charge in [-0.2, -0.15) is 0 Å². The highest BCUT2D eigenvalue weighted by molar-refractivity contribution is 5.05. The number of aliphatic hydroxyl groups excluding tert-OH is 4. The van der Waals surface area contributed by atoms with Gasteiger partial charge in [-0.1, -0.05) is 6.42 Å². The van der Waals surface area contributed by atoms with Crippen LogP contribution < -0.4 is 0 Å². The molecular weight excluding hydrogens is 200 g/mol. The van der Waals surface area contributed by atoms with Gasteiger partial charge in [0.15, 0.2) is 0 Å². The van der Waals surface area contributed by atoms with Crippen molar-refractivity contribution in [3.05, 3.63) is 0 Å². The Labute approximate surface area is 89.0 Å². The lowest BCUT2D eigenvalue weighted by molar-refractivity contribution is -0.212. The maximum absolute atomic E-state index is 10.3. The highest BCUT2D eigenvalue weighted by atomic mass is 16.3. The molecule has 1 fully saturated rings. The van der Waals surface area contributed by atoms with Crippen LogP contribution in [0.2, 0.25) is 0 Å². The van der Waals surface area contributed by atoms with Crippen molar-refractivity contribution in [3.8, 4) is 0 Å². The molecule has 0 bridgehead atoms. The molecule has 0 aromatic heterocycles. The summed E-state index contributed by atoms with van der Waals surface area (Å²) in [6, 6.07) is 0. The van der Waals surface area contributed by atoms with Gasteiger partial charge in [0, 0.05) is 17.9 Å². The predicted octanol–water partition coefficient (Wildman–Crippen LogP) is -1.53. The molecule has 1 aliphatic rings. The van der Waals surface area contributed by atoms with E-state index in [1.807, 2.05) is 0 Å². The molecule has 1 rings (SSSR count). The summed E-state index contributed by atoms with van der Waals surface area (Å²) in [5, 5.41) is 47.4. The zero-order valence-corrected chi connectivity index (χ0v) is 8.76. The van der Waals surface area contributed by atoms with E-state index in [1.54, 1.807) is 0 Å². The maximum atomic E-state index is 10.3. The maximum Gasteiger partial charge on any atom is 0.103 e.